The summed E-state index contributed by atoms with van der Waals surface area (Å²) in [5.74, 6) is -0.295. The van der Waals surface area contributed by atoms with E-state index in [1.165, 1.54) is 12.1 Å². The molecular formula is C12H16BrFO2. The summed E-state index contributed by atoms with van der Waals surface area (Å²) in [6.45, 7) is 1.94. The highest BCUT2D eigenvalue weighted by molar-refractivity contribution is 9.10. The number of aliphatic hydroxyl groups is 1. The molecule has 0 aliphatic heterocycles. The predicted molar refractivity (Wildman–Crippen MR) is 64.9 cm³/mol. The van der Waals surface area contributed by atoms with Crippen molar-refractivity contribution in [2.75, 3.05) is 7.11 Å². The highest BCUT2D eigenvalue weighted by Gasteiger charge is 2.18. The molecule has 0 aliphatic carbocycles. The Morgan fingerprint density at radius 1 is 1.50 bits per heavy atom. The molecule has 1 aromatic carbocycles. The minimum absolute atomic E-state index is 0.213. The summed E-state index contributed by atoms with van der Waals surface area (Å²) in [6.07, 6.45) is 0.276. The van der Waals surface area contributed by atoms with Gasteiger partial charge in [0.25, 0.3) is 0 Å². The number of aliphatic hydroxyl groups excluding tert-OH is 1. The van der Waals surface area contributed by atoms with Gasteiger partial charge < -0.3 is 9.84 Å². The van der Waals surface area contributed by atoms with Crippen molar-refractivity contribution in [3.05, 3.63) is 34.1 Å². The molecule has 1 rings (SSSR count). The van der Waals surface area contributed by atoms with Gasteiger partial charge in [-0.1, -0.05) is 22.9 Å². The number of rotatable bonds is 5. The molecule has 4 heteroatoms. The number of methoxy groups -OCH3 is 1. The van der Waals surface area contributed by atoms with Crippen LogP contribution in [0.25, 0.3) is 0 Å². The lowest BCUT2D eigenvalue weighted by Crippen LogP contribution is -2.29. The third-order valence-electron chi connectivity index (χ3n) is 2.57. The smallest absolute Gasteiger partial charge is 0.123 e. The van der Waals surface area contributed by atoms with Crippen molar-refractivity contribution >= 4 is 15.9 Å². The van der Waals surface area contributed by atoms with Crippen LogP contribution >= 0.6 is 15.9 Å². The Labute approximate surface area is 104 Å². The van der Waals surface area contributed by atoms with Gasteiger partial charge in [0.1, 0.15) is 5.82 Å². The third kappa shape index (κ3) is 3.54. The largest absolute Gasteiger partial charge is 0.390 e. The van der Waals surface area contributed by atoms with Gasteiger partial charge in [0, 0.05) is 18.0 Å². The van der Waals surface area contributed by atoms with Crippen molar-refractivity contribution in [1.82, 2.24) is 0 Å². The first kappa shape index (κ1) is 13.6. The van der Waals surface area contributed by atoms with Gasteiger partial charge in [0.15, 0.2) is 0 Å². The number of hydrogen-bond donors (Lipinski definition) is 1. The Morgan fingerprint density at radius 3 is 2.75 bits per heavy atom. The lowest BCUT2D eigenvalue weighted by Gasteiger charge is -2.20. The van der Waals surface area contributed by atoms with E-state index in [1.807, 2.05) is 6.92 Å². The van der Waals surface area contributed by atoms with Crippen molar-refractivity contribution in [2.45, 2.75) is 32.0 Å². The number of benzene rings is 1. The van der Waals surface area contributed by atoms with Crippen LogP contribution in [-0.4, -0.2) is 24.4 Å². The SMILES string of the molecule is CCC(OC)C(O)Cc1cc(F)ccc1Br. The molecule has 16 heavy (non-hydrogen) atoms. The molecule has 0 saturated carbocycles. The van der Waals surface area contributed by atoms with Gasteiger partial charge in [0.2, 0.25) is 0 Å². The summed E-state index contributed by atoms with van der Waals surface area (Å²) in [5.41, 5.74) is 0.753. The standard InChI is InChI=1S/C12H16BrFO2/c1-3-12(16-2)11(15)7-8-6-9(14)4-5-10(8)13/h4-6,11-12,15H,3,7H2,1-2H3. The van der Waals surface area contributed by atoms with E-state index >= 15 is 0 Å². The maximum Gasteiger partial charge on any atom is 0.123 e. The van der Waals surface area contributed by atoms with E-state index in [4.69, 9.17) is 4.74 Å². The molecule has 0 aliphatic rings. The molecule has 2 atom stereocenters. The van der Waals surface area contributed by atoms with Crippen molar-refractivity contribution in [3.63, 3.8) is 0 Å². The second-order valence-electron chi connectivity index (χ2n) is 3.69. The van der Waals surface area contributed by atoms with Crippen LogP contribution in [0.4, 0.5) is 4.39 Å². The van der Waals surface area contributed by atoms with Crippen LogP contribution in [0.3, 0.4) is 0 Å². The molecule has 0 fully saturated rings. The molecule has 0 radical (unpaired) electrons. The maximum atomic E-state index is 13.0. The van der Waals surface area contributed by atoms with Crippen LogP contribution in [0.5, 0.6) is 0 Å². The molecule has 1 N–H and O–H groups in total. The fourth-order valence-electron chi connectivity index (χ4n) is 1.65. The summed E-state index contributed by atoms with van der Waals surface area (Å²) in [4.78, 5) is 0. The zero-order valence-corrected chi connectivity index (χ0v) is 11.0. The molecule has 2 nitrogen and oxygen atoms in total. The highest BCUT2D eigenvalue weighted by atomic mass is 79.9. The quantitative estimate of drug-likeness (QED) is 0.904. The van der Waals surface area contributed by atoms with Crippen molar-refractivity contribution in [1.29, 1.82) is 0 Å². The predicted octanol–water partition coefficient (Wildman–Crippen LogP) is 2.92. The molecule has 0 aromatic heterocycles. The first-order valence-electron chi connectivity index (χ1n) is 5.23. The number of ether oxygens (including phenoxy) is 1. The van der Waals surface area contributed by atoms with Crippen LogP contribution in [0, 0.1) is 5.82 Å². The molecule has 1 aromatic rings. The maximum absolute atomic E-state index is 13.0. The average molecular weight is 291 g/mol. The van der Waals surface area contributed by atoms with Gasteiger partial charge in [-0.3, -0.25) is 0 Å². The van der Waals surface area contributed by atoms with Crippen LogP contribution in [0.1, 0.15) is 18.9 Å². The monoisotopic (exact) mass is 290 g/mol. The Hall–Kier alpha value is -0.450. The number of hydrogen-bond acceptors (Lipinski definition) is 2. The van der Waals surface area contributed by atoms with E-state index < -0.39 is 6.10 Å². The van der Waals surface area contributed by atoms with Gasteiger partial charge in [-0.05, 0) is 30.2 Å². The lowest BCUT2D eigenvalue weighted by molar-refractivity contribution is -0.0129. The van der Waals surface area contributed by atoms with E-state index in [-0.39, 0.29) is 11.9 Å². The van der Waals surface area contributed by atoms with E-state index in [0.717, 1.165) is 16.5 Å². The van der Waals surface area contributed by atoms with Crippen LogP contribution < -0.4 is 0 Å². The summed E-state index contributed by atoms with van der Waals surface area (Å²) in [6, 6.07) is 4.45. The first-order valence-corrected chi connectivity index (χ1v) is 6.02. The van der Waals surface area contributed by atoms with Gasteiger partial charge in [-0.25, -0.2) is 4.39 Å². The molecular weight excluding hydrogens is 275 g/mol. The third-order valence-corrected chi connectivity index (χ3v) is 3.34. The van der Waals surface area contributed by atoms with E-state index in [2.05, 4.69) is 15.9 Å². The zero-order chi connectivity index (χ0) is 12.1. The molecule has 0 bridgehead atoms. The Bertz CT molecular complexity index is 340. The normalized spacial score (nSPS) is 14.8. The molecule has 0 saturated heterocycles. The minimum atomic E-state index is -0.618. The fourth-order valence-corrected chi connectivity index (χ4v) is 2.06. The van der Waals surface area contributed by atoms with E-state index in [0.29, 0.717) is 6.42 Å². The molecule has 0 heterocycles. The molecule has 0 spiro atoms. The molecule has 0 amide bonds. The summed E-state index contributed by atoms with van der Waals surface area (Å²) < 4.78 is 19.0. The zero-order valence-electron chi connectivity index (χ0n) is 9.41. The van der Waals surface area contributed by atoms with Gasteiger partial charge in [-0.15, -0.1) is 0 Å². The van der Waals surface area contributed by atoms with Crippen LogP contribution in [0.15, 0.2) is 22.7 Å². The van der Waals surface area contributed by atoms with Crippen molar-refractivity contribution < 1.29 is 14.2 Å². The van der Waals surface area contributed by atoms with Crippen molar-refractivity contribution in [2.24, 2.45) is 0 Å². The van der Waals surface area contributed by atoms with E-state index in [9.17, 15) is 9.50 Å². The Kier molecular flexibility index (Phi) is 5.38. The van der Waals surface area contributed by atoms with Gasteiger partial charge >= 0.3 is 0 Å². The number of halogens is 2. The van der Waals surface area contributed by atoms with E-state index in [1.54, 1.807) is 13.2 Å². The van der Waals surface area contributed by atoms with Gasteiger partial charge in [-0.2, -0.15) is 0 Å². The average Bonchev–Trinajstić information content (AvgIpc) is 2.25. The molecule has 2 unspecified atom stereocenters. The fraction of sp³-hybridized carbons (Fsp3) is 0.500. The second-order valence-corrected chi connectivity index (χ2v) is 4.54. The van der Waals surface area contributed by atoms with Crippen LogP contribution in [0.2, 0.25) is 0 Å². The first-order chi connectivity index (χ1) is 7.58. The molecule has 90 valence electrons. The Morgan fingerprint density at radius 2 is 2.19 bits per heavy atom. The summed E-state index contributed by atoms with van der Waals surface area (Å²) in [5, 5.41) is 9.91. The Balaban J connectivity index is 2.75. The summed E-state index contributed by atoms with van der Waals surface area (Å²) >= 11 is 3.33. The lowest BCUT2D eigenvalue weighted by atomic mass is 10.0. The van der Waals surface area contributed by atoms with Crippen molar-refractivity contribution in [3.8, 4) is 0 Å². The topological polar surface area (TPSA) is 29.5 Å². The highest BCUT2D eigenvalue weighted by Crippen LogP contribution is 2.21. The minimum Gasteiger partial charge on any atom is -0.390 e. The van der Waals surface area contributed by atoms with Crippen LogP contribution in [-0.2, 0) is 11.2 Å². The second kappa shape index (κ2) is 6.33. The summed E-state index contributed by atoms with van der Waals surface area (Å²) in [7, 11) is 1.57. The van der Waals surface area contributed by atoms with Gasteiger partial charge in [0.05, 0.1) is 12.2 Å².